The smallest absolute Gasteiger partial charge is 0.134 e. The van der Waals surface area contributed by atoms with E-state index in [1.807, 2.05) is 33.3 Å². The van der Waals surface area contributed by atoms with Gasteiger partial charge < -0.3 is 9.73 Å². The van der Waals surface area contributed by atoms with Crippen molar-refractivity contribution in [3.8, 4) is 0 Å². The Labute approximate surface area is 122 Å². The van der Waals surface area contributed by atoms with E-state index in [0.717, 1.165) is 27.8 Å². The Balaban J connectivity index is 2.15. The molecule has 0 spiro atoms. The van der Waals surface area contributed by atoms with Crippen LogP contribution in [0.2, 0.25) is 0 Å². The van der Waals surface area contributed by atoms with Crippen LogP contribution in [0.1, 0.15) is 28.5 Å². The van der Waals surface area contributed by atoms with Crippen molar-refractivity contribution in [1.29, 1.82) is 0 Å². The number of halogens is 1. The minimum absolute atomic E-state index is 0.104. The van der Waals surface area contributed by atoms with E-state index in [2.05, 4.69) is 16.4 Å². The molecule has 0 aliphatic carbocycles. The summed E-state index contributed by atoms with van der Waals surface area (Å²) in [6.45, 7) is 3.96. The van der Waals surface area contributed by atoms with Crippen molar-refractivity contribution in [2.45, 2.75) is 19.9 Å². The van der Waals surface area contributed by atoms with E-state index in [4.69, 9.17) is 4.42 Å². The third-order valence-electron chi connectivity index (χ3n) is 3.72. The molecule has 0 aliphatic heterocycles. The van der Waals surface area contributed by atoms with Gasteiger partial charge in [-0.05, 0) is 50.2 Å². The fraction of sp³-hybridized carbons (Fsp3) is 0.235. The molecule has 0 saturated heterocycles. The number of hydrogen-bond donors (Lipinski definition) is 1. The summed E-state index contributed by atoms with van der Waals surface area (Å²) in [5, 5.41) is 4.06. The van der Waals surface area contributed by atoms with Gasteiger partial charge in [-0.1, -0.05) is 6.07 Å². The van der Waals surface area contributed by atoms with Gasteiger partial charge in [0.1, 0.15) is 17.2 Å². The van der Waals surface area contributed by atoms with Crippen molar-refractivity contribution in [3.63, 3.8) is 0 Å². The van der Waals surface area contributed by atoms with E-state index in [1.54, 1.807) is 6.07 Å². The van der Waals surface area contributed by atoms with Gasteiger partial charge in [0.15, 0.2) is 0 Å². The van der Waals surface area contributed by atoms with Gasteiger partial charge in [0.05, 0.1) is 6.04 Å². The lowest BCUT2D eigenvalue weighted by Crippen LogP contribution is -2.18. The number of nitrogens with one attached hydrogen (secondary N) is 1. The van der Waals surface area contributed by atoms with E-state index >= 15 is 0 Å². The van der Waals surface area contributed by atoms with Crippen LogP contribution < -0.4 is 5.32 Å². The molecule has 0 amide bonds. The molecule has 21 heavy (non-hydrogen) atoms. The van der Waals surface area contributed by atoms with Crippen LogP contribution in [0.15, 0.2) is 41.1 Å². The second-order valence-corrected chi connectivity index (χ2v) is 5.25. The summed E-state index contributed by atoms with van der Waals surface area (Å²) in [6, 6.07) is 6.56. The number of aryl methyl sites for hydroxylation is 2. The summed E-state index contributed by atoms with van der Waals surface area (Å²) >= 11 is 0. The number of hydrogen-bond acceptors (Lipinski definition) is 3. The average Bonchev–Trinajstić information content (AvgIpc) is 2.77. The molecule has 3 aromatic rings. The third kappa shape index (κ3) is 2.43. The zero-order valence-electron chi connectivity index (χ0n) is 12.3. The van der Waals surface area contributed by atoms with Crippen LogP contribution in [0.4, 0.5) is 4.39 Å². The number of rotatable bonds is 3. The number of pyridine rings is 1. The monoisotopic (exact) mass is 284 g/mol. The number of nitrogens with zero attached hydrogens (tertiary/aromatic N) is 1. The summed E-state index contributed by atoms with van der Waals surface area (Å²) in [6.07, 6.45) is 3.64. The highest BCUT2D eigenvalue weighted by atomic mass is 19.1. The molecule has 2 aromatic heterocycles. The Hall–Kier alpha value is -2.20. The molecule has 2 heterocycles. The molecule has 0 fully saturated rings. The van der Waals surface area contributed by atoms with Gasteiger partial charge in [-0.2, -0.15) is 0 Å². The van der Waals surface area contributed by atoms with Crippen LogP contribution >= 0.6 is 0 Å². The standard InChI is InChI=1S/C17H17FN2O/c1-10-6-12(9-20-8-10)16(19-3)17-11(2)14-7-13(18)4-5-15(14)21-17/h4-9,16,19H,1-3H3. The van der Waals surface area contributed by atoms with Gasteiger partial charge in [0, 0.05) is 23.3 Å². The fourth-order valence-corrected chi connectivity index (χ4v) is 2.67. The lowest BCUT2D eigenvalue weighted by molar-refractivity contribution is 0.487. The van der Waals surface area contributed by atoms with E-state index in [0.29, 0.717) is 5.58 Å². The van der Waals surface area contributed by atoms with Gasteiger partial charge in [0.25, 0.3) is 0 Å². The Morgan fingerprint density at radius 3 is 2.71 bits per heavy atom. The van der Waals surface area contributed by atoms with Gasteiger partial charge >= 0.3 is 0 Å². The summed E-state index contributed by atoms with van der Waals surface area (Å²) < 4.78 is 19.4. The van der Waals surface area contributed by atoms with Gasteiger partial charge in [-0.15, -0.1) is 0 Å². The zero-order valence-corrected chi connectivity index (χ0v) is 12.3. The van der Waals surface area contributed by atoms with Crippen LogP contribution in [-0.2, 0) is 0 Å². The zero-order chi connectivity index (χ0) is 15.0. The normalized spacial score (nSPS) is 12.8. The Morgan fingerprint density at radius 1 is 1.19 bits per heavy atom. The maximum Gasteiger partial charge on any atom is 0.134 e. The number of furan rings is 1. The highest BCUT2D eigenvalue weighted by Crippen LogP contribution is 2.32. The molecule has 1 aromatic carbocycles. The van der Waals surface area contributed by atoms with Crippen molar-refractivity contribution in [3.05, 3.63) is 64.9 Å². The summed E-state index contributed by atoms with van der Waals surface area (Å²) in [4.78, 5) is 4.23. The fourth-order valence-electron chi connectivity index (χ4n) is 2.67. The first-order chi connectivity index (χ1) is 10.1. The molecule has 0 bridgehead atoms. The molecule has 3 nitrogen and oxygen atoms in total. The Morgan fingerprint density at radius 2 is 2.00 bits per heavy atom. The lowest BCUT2D eigenvalue weighted by Gasteiger charge is -2.15. The summed E-state index contributed by atoms with van der Waals surface area (Å²) in [7, 11) is 1.88. The topological polar surface area (TPSA) is 38.1 Å². The number of benzene rings is 1. The maximum absolute atomic E-state index is 13.4. The van der Waals surface area contributed by atoms with Gasteiger partial charge in [-0.25, -0.2) is 4.39 Å². The predicted molar refractivity (Wildman–Crippen MR) is 80.8 cm³/mol. The van der Waals surface area contributed by atoms with E-state index in [9.17, 15) is 4.39 Å². The molecular formula is C17H17FN2O. The molecule has 0 aliphatic rings. The first-order valence-corrected chi connectivity index (χ1v) is 6.87. The van der Waals surface area contributed by atoms with Crippen molar-refractivity contribution in [2.75, 3.05) is 7.05 Å². The van der Waals surface area contributed by atoms with Crippen molar-refractivity contribution < 1.29 is 8.81 Å². The van der Waals surface area contributed by atoms with Crippen LogP contribution in [0.3, 0.4) is 0 Å². The minimum Gasteiger partial charge on any atom is -0.459 e. The first kappa shape index (κ1) is 13.8. The number of aromatic nitrogens is 1. The van der Waals surface area contributed by atoms with Gasteiger partial charge in [0.2, 0.25) is 0 Å². The van der Waals surface area contributed by atoms with Crippen molar-refractivity contribution in [2.24, 2.45) is 0 Å². The molecule has 0 saturated carbocycles. The number of fused-ring (bicyclic) bond motifs is 1. The van der Waals surface area contributed by atoms with E-state index < -0.39 is 0 Å². The minimum atomic E-state index is -0.254. The summed E-state index contributed by atoms with van der Waals surface area (Å²) in [5.74, 6) is 0.543. The molecule has 0 radical (unpaired) electrons. The second kappa shape index (κ2) is 5.30. The van der Waals surface area contributed by atoms with Crippen LogP contribution in [-0.4, -0.2) is 12.0 Å². The largest absolute Gasteiger partial charge is 0.459 e. The molecule has 4 heteroatoms. The van der Waals surface area contributed by atoms with E-state index in [1.165, 1.54) is 12.1 Å². The first-order valence-electron chi connectivity index (χ1n) is 6.87. The SMILES string of the molecule is CNC(c1cncc(C)c1)c1oc2ccc(F)cc2c1C. The molecule has 1 unspecified atom stereocenters. The molecular weight excluding hydrogens is 267 g/mol. The molecule has 1 N–H and O–H groups in total. The Kier molecular flexibility index (Phi) is 3.47. The highest BCUT2D eigenvalue weighted by molar-refractivity contribution is 5.82. The quantitative estimate of drug-likeness (QED) is 0.793. The third-order valence-corrected chi connectivity index (χ3v) is 3.72. The van der Waals surface area contributed by atoms with Crippen LogP contribution in [0.5, 0.6) is 0 Å². The average molecular weight is 284 g/mol. The van der Waals surface area contributed by atoms with Crippen LogP contribution in [0.25, 0.3) is 11.0 Å². The highest BCUT2D eigenvalue weighted by Gasteiger charge is 2.21. The molecule has 3 rings (SSSR count). The van der Waals surface area contributed by atoms with Gasteiger partial charge in [-0.3, -0.25) is 4.98 Å². The lowest BCUT2D eigenvalue weighted by atomic mass is 10.0. The predicted octanol–water partition coefficient (Wildman–Crippen LogP) is 3.89. The molecule has 108 valence electrons. The summed E-state index contributed by atoms with van der Waals surface area (Å²) in [5.41, 5.74) is 3.77. The van der Waals surface area contributed by atoms with Crippen molar-refractivity contribution >= 4 is 11.0 Å². The Bertz CT molecular complexity index is 795. The van der Waals surface area contributed by atoms with Crippen molar-refractivity contribution in [1.82, 2.24) is 10.3 Å². The molecule has 1 atom stereocenters. The maximum atomic E-state index is 13.4. The second-order valence-electron chi connectivity index (χ2n) is 5.25. The van der Waals surface area contributed by atoms with E-state index in [-0.39, 0.29) is 11.9 Å². The van der Waals surface area contributed by atoms with Crippen LogP contribution in [0, 0.1) is 19.7 Å².